The lowest BCUT2D eigenvalue weighted by Gasteiger charge is -2.50. The lowest BCUT2D eigenvalue weighted by Crippen LogP contribution is -2.60. The van der Waals surface area contributed by atoms with Crippen LogP contribution in [0.3, 0.4) is 0 Å². The van der Waals surface area contributed by atoms with Gasteiger partial charge in [-0.05, 0) is 45.2 Å². The summed E-state index contributed by atoms with van der Waals surface area (Å²) in [5.74, 6) is 0.843. The fraction of sp³-hybridized carbons (Fsp3) is 1.00. The van der Waals surface area contributed by atoms with Gasteiger partial charge >= 0.3 is 0 Å². The SMILES string of the molecule is CCC1CN(C)CCCN1C1(CN)CCCC(C)C1. The van der Waals surface area contributed by atoms with Gasteiger partial charge in [0, 0.05) is 31.2 Å². The van der Waals surface area contributed by atoms with Crippen LogP contribution in [0.2, 0.25) is 0 Å². The number of nitrogens with zero attached hydrogens (tertiary/aromatic N) is 2. The van der Waals surface area contributed by atoms with E-state index in [-0.39, 0.29) is 0 Å². The van der Waals surface area contributed by atoms with Crippen LogP contribution in [-0.4, -0.2) is 54.6 Å². The monoisotopic (exact) mass is 267 g/mol. The Morgan fingerprint density at radius 2 is 2.05 bits per heavy atom. The molecule has 1 saturated carbocycles. The molecule has 0 radical (unpaired) electrons. The van der Waals surface area contributed by atoms with Gasteiger partial charge in [-0.3, -0.25) is 4.90 Å². The molecule has 2 aliphatic rings. The molecule has 3 nitrogen and oxygen atoms in total. The Balaban J connectivity index is 2.18. The highest BCUT2D eigenvalue weighted by atomic mass is 15.3. The molecular formula is C16H33N3. The molecule has 3 heteroatoms. The summed E-state index contributed by atoms with van der Waals surface area (Å²) in [6.07, 6.45) is 7.93. The minimum atomic E-state index is 0.295. The van der Waals surface area contributed by atoms with Gasteiger partial charge in [0.2, 0.25) is 0 Å². The fourth-order valence-corrected chi connectivity index (χ4v) is 4.41. The molecule has 0 spiro atoms. The maximum absolute atomic E-state index is 6.28. The van der Waals surface area contributed by atoms with Crippen LogP contribution in [0.5, 0.6) is 0 Å². The first-order valence-electron chi connectivity index (χ1n) is 8.26. The standard InChI is InChI=1S/C16H33N3/c1-4-15-12-18(3)9-6-10-19(15)16(13-17)8-5-7-14(2)11-16/h14-15H,4-13,17H2,1-3H3. The highest BCUT2D eigenvalue weighted by molar-refractivity contribution is 4.99. The molecular weight excluding hydrogens is 234 g/mol. The number of nitrogens with two attached hydrogens (primary N) is 1. The number of hydrogen-bond donors (Lipinski definition) is 1. The van der Waals surface area contributed by atoms with Crippen LogP contribution in [0.15, 0.2) is 0 Å². The average molecular weight is 267 g/mol. The average Bonchev–Trinajstić information content (AvgIpc) is 2.60. The second-order valence-corrected chi connectivity index (χ2v) is 7.00. The van der Waals surface area contributed by atoms with E-state index in [1.165, 1.54) is 58.2 Å². The number of rotatable bonds is 3. The highest BCUT2D eigenvalue weighted by Gasteiger charge is 2.42. The Kier molecular flexibility index (Phi) is 5.27. The smallest absolute Gasteiger partial charge is 0.0337 e. The molecule has 3 unspecified atom stereocenters. The third kappa shape index (κ3) is 3.32. The summed E-state index contributed by atoms with van der Waals surface area (Å²) in [5.41, 5.74) is 6.57. The number of likely N-dealkylation sites (N-methyl/N-ethyl adjacent to an activating group) is 1. The summed E-state index contributed by atoms with van der Waals surface area (Å²) in [6, 6.07) is 0.696. The molecule has 3 atom stereocenters. The predicted molar refractivity (Wildman–Crippen MR) is 82.3 cm³/mol. The molecule has 112 valence electrons. The van der Waals surface area contributed by atoms with Crippen molar-refractivity contribution in [1.82, 2.24) is 9.80 Å². The zero-order valence-corrected chi connectivity index (χ0v) is 13.2. The first kappa shape index (κ1) is 15.3. The second-order valence-electron chi connectivity index (χ2n) is 7.00. The van der Waals surface area contributed by atoms with Gasteiger partial charge in [0.1, 0.15) is 0 Å². The Labute approximate surface area is 119 Å². The van der Waals surface area contributed by atoms with E-state index in [1.54, 1.807) is 0 Å². The molecule has 1 heterocycles. The van der Waals surface area contributed by atoms with E-state index in [4.69, 9.17) is 5.73 Å². The van der Waals surface area contributed by atoms with Gasteiger partial charge < -0.3 is 10.6 Å². The fourth-order valence-electron chi connectivity index (χ4n) is 4.41. The van der Waals surface area contributed by atoms with Crippen molar-refractivity contribution in [2.24, 2.45) is 11.7 Å². The van der Waals surface area contributed by atoms with Crippen LogP contribution in [0, 0.1) is 5.92 Å². The molecule has 1 saturated heterocycles. The Bertz CT molecular complexity index is 281. The van der Waals surface area contributed by atoms with Crippen LogP contribution in [0.1, 0.15) is 52.4 Å². The summed E-state index contributed by atoms with van der Waals surface area (Å²) >= 11 is 0. The normalized spacial score (nSPS) is 39.2. The Morgan fingerprint density at radius 3 is 2.68 bits per heavy atom. The zero-order valence-electron chi connectivity index (χ0n) is 13.2. The van der Waals surface area contributed by atoms with Crippen LogP contribution < -0.4 is 5.73 Å². The molecule has 1 aliphatic carbocycles. The van der Waals surface area contributed by atoms with Gasteiger partial charge in [-0.2, -0.15) is 0 Å². The third-order valence-electron chi connectivity index (χ3n) is 5.43. The third-order valence-corrected chi connectivity index (χ3v) is 5.43. The Hall–Kier alpha value is -0.120. The molecule has 0 aromatic heterocycles. The topological polar surface area (TPSA) is 32.5 Å². The molecule has 0 bridgehead atoms. The van der Waals surface area contributed by atoms with Crippen molar-refractivity contribution in [2.75, 3.05) is 33.2 Å². The van der Waals surface area contributed by atoms with Crippen molar-refractivity contribution in [3.63, 3.8) is 0 Å². The van der Waals surface area contributed by atoms with E-state index in [0.29, 0.717) is 11.6 Å². The summed E-state index contributed by atoms with van der Waals surface area (Å²) < 4.78 is 0. The van der Waals surface area contributed by atoms with Crippen LogP contribution >= 0.6 is 0 Å². The first-order valence-corrected chi connectivity index (χ1v) is 8.26. The molecule has 1 aliphatic heterocycles. The second kappa shape index (κ2) is 6.55. The van der Waals surface area contributed by atoms with Crippen molar-refractivity contribution in [3.8, 4) is 0 Å². The first-order chi connectivity index (χ1) is 9.11. The van der Waals surface area contributed by atoms with Gasteiger partial charge in [0.05, 0.1) is 0 Å². The summed E-state index contributed by atoms with van der Waals surface area (Å²) in [5, 5.41) is 0. The van der Waals surface area contributed by atoms with Crippen molar-refractivity contribution in [3.05, 3.63) is 0 Å². The van der Waals surface area contributed by atoms with E-state index < -0.39 is 0 Å². The minimum Gasteiger partial charge on any atom is -0.329 e. The van der Waals surface area contributed by atoms with Gasteiger partial charge in [-0.1, -0.05) is 26.7 Å². The predicted octanol–water partition coefficient (Wildman–Crippen LogP) is 2.31. The van der Waals surface area contributed by atoms with Crippen molar-refractivity contribution < 1.29 is 0 Å². The molecule has 2 rings (SSSR count). The maximum Gasteiger partial charge on any atom is 0.0337 e. The molecule has 2 N–H and O–H groups in total. The molecule has 2 fully saturated rings. The van der Waals surface area contributed by atoms with E-state index in [0.717, 1.165) is 12.5 Å². The van der Waals surface area contributed by atoms with E-state index >= 15 is 0 Å². The molecule has 0 amide bonds. The molecule has 19 heavy (non-hydrogen) atoms. The van der Waals surface area contributed by atoms with Crippen molar-refractivity contribution in [1.29, 1.82) is 0 Å². The van der Waals surface area contributed by atoms with Crippen LogP contribution in [0.4, 0.5) is 0 Å². The summed E-state index contributed by atoms with van der Waals surface area (Å²) in [7, 11) is 2.27. The summed E-state index contributed by atoms with van der Waals surface area (Å²) in [6.45, 7) is 9.29. The minimum absolute atomic E-state index is 0.295. The van der Waals surface area contributed by atoms with Gasteiger partial charge in [-0.15, -0.1) is 0 Å². The van der Waals surface area contributed by atoms with Gasteiger partial charge in [-0.25, -0.2) is 0 Å². The summed E-state index contributed by atoms with van der Waals surface area (Å²) in [4.78, 5) is 5.32. The Morgan fingerprint density at radius 1 is 1.26 bits per heavy atom. The zero-order chi connectivity index (χ0) is 13.9. The lowest BCUT2D eigenvalue weighted by molar-refractivity contribution is 0.00492. The maximum atomic E-state index is 6.28. The molecule has 0 aromatic carbocycles. The highest BCUT2D eigenvalue weighted by Crippen LogP contribution is 2.38. The van der Waals surface area contributed by atoms with Gasteiger partial charge in [0.25, 0.3) is 0 Å². The van der Waals surface area contributed by atoms with Crippen LogP contribution in [0.25, 0.3) is 0 Å². The van der Waals surface area contributed by atoms with Crippen molar-refractivity contribution in [2.45, 2.75) is 64.0 Å². The largest absolute Gasteiger partial charge is 0.329 e. The quantitative estimate of drug-likeness (QED) is 0.852. The number of hydrogen-bond acceptors (Lipinski definition) is 3. The van der Waals surface area contributed by atoms with Crippen molar-refractivity contribution >= 4 is 0 Å². The van der Waals surface area contributed by atoms with Gasteiger partial charge in [0.15, 0.2) is 0 Å². The molecule has 0 aromatic rings. The van der Waals surface area contributed by atoms with E-state index in [1.807, 2.05) is 0 Å². The van der Waals surface area contributed by atoms with Crippen LogP contribution in [-0.2, 0) is 0 Å². The van der Waals surface area contributed by atoms with E-state index in [9.17, 15) is 0 Å². The van der Waals surface area contributed by atoms with E-state index in [2.05, 4.69) is 30.7 Å². The lowest BCUT2D eigenvalue weighted by atomic mass is 9.74.